The fourth-order valence-electron chi connectivity index (χ4n) is 1.27. The number of methoxy groups -OCH3 is 1. The summed E-state index contributed by atoms with van der Waals surface area (Å²) in [5, 5.41) is 2.63. The molecule has 0 unspecified atom stereocenters. The molecule has 0 radical (unpaired) electrons. The monoisotopic (exact) mass is 226 g/mol. The quantitative estimate of drug-likeness (QED) is 0.766. The molecule has 88 valence electrons. The Kier molecular flexibility index (Phi) is 4.72. The third kappa shape index (κ3) is 3.51. The Balaban J connectivity index is 2.63. The van der Waals surface area contributed by atoms with Crippen molar-refractivity contribution in [3.63, 3.8) is 0 Å². The van der Waals surface area contributed by atoms with Gasteiger partial charge in [0.2, 0.25) is 5.91 Å². The molecule has 0 aromatic heterocycles. The zero-order valence-corrected chi connectivity index (χ0v) is 9.13. The van der Waals surface area contributed by atoms with Gasteiger partial charge in [0, 0.05) is 13.1 Å². The number of halogens is 1. The van der Waals surface area contributed by atoms with Crippen LogP contribution in [0.1, 0.15) is 5.56 Å². The standard InChI is InChI=1S/C11H15FN2O2/c1-16-10-6-8(2-3-9(10)12)7-11(15)14-5-4-13/h2-3,6H,4-5,7,13H2,1H3,(H,14,15). The first-order chi connectivity index (χ1) is 7.67. The largest absolute Gasteiger partial charge is 0.494 e. The van der Waals surface area contributed by atoms with Crippen molar-refractivity contribution >= 4 is 5.91 Å². The van der Waals surface area contributed by atoms with E-state index in [4.69, 9.17) is 10.5 Å². The maximum Gasteiger partial charge on any atom is 0.224 e. The second kappa shape index (κ2) is 6.07. The van der Waals surface area contributed by atoms with Gasteiger partial charge in [0.1, 0.15) is 0 Å². The lowest BCUT2D eigenvalue weighted by Crippen LogP contribution is -2.30. The van der Waals surface area contributed by atoms with Crippen LogP contribution in [0.4, 0.5) is 4.39 Å². The number of carbonyl (C=O) groups excluding carboxylic acids is 1. The zero-order valence-electron chi connectivity index (χ0n) is 9.13. The summed E-state index contributed by atoms with van der Waals surface area (Å²) >= 11 is 0. The molecule has 4 nitrogen and oxygen atoms in total. The van der Waals surface area contributed by atoms with Crippen molar-refractivity contribution in [1.29, 1.82) is 0 Å². The van der Waals surface area contributed by atoms with E-state index in [1.165, 1.54) is 19.2 Å². The van der Waals surface area contributed by atoms with Crippen LogP contribution < -0.4 is 15.8 Å². The third-order valence-corrected chi connectivity index (χ3v) is 2.05. The molecule has 0 saturated carbocycles. The smallest absolute Gasteiger partial charge is 0.224 e. The van der Waals surface area contributed by atoms with Crippen LogP contribution >= 0.6 is 0 Å². The maximum atomic E-state index is 13.1. The first-order valence-corrected chi connectivity index (χ1v) is 4.96. The average molecular weight is 226 g/mol. The van der Waals surface area contributed by atoms with Crippen molar-refractivity contribution in [2.45, 2.75) is 6.42 Å². The van der Waals surface area contributed by atoms with Crippen LogP contribution in [0.15, 0.2) is 18.2 Å². The van der Waals surface area contributed by atoms with Gasteiger partial charge in [-0.1, -0.05) is 6.07 Å². The van der Waals surface area contributed by atoms with Crippen LogP contribution in [0.25, 0.3) is 0 Å². The average Bonchev–Trinajstić information content (AvgIpc) is 2.29. The third-order valence-electron chi connectivity index (χ3n) is 2.05. The second-order valence-corrected chi connectivity index (χ2v) is 3.28. The van der Waals surface area contributed by atoms with E-state index < -0.39 is 5.82 Å². The summed E-state index contributed by atoms with van der Waals surface area (Å²) < 4.78 is 17.9. The van der Waals surface area contributed by atoms with E-state index in [1.807, 2.05) is 0 Å². The highest BCUT2D eigenvalue weighted by Crippen LogP contribution is 2.18. The van der Waals surface area contributed by atoms with Gasteiger partial charge in [-0.05, 0) is 17.7 Å². The van der Waals surface area contributed by atoms with E-state index in [-0.39, 0.29) is 18.1 Å². The fourth-order valence-corrected chi connectivity index (χ4v) is 1.27. The SMILES string of the molecule is COc1cc(CC(=O)NCCN)ccc1F. The van der Waals surface area contributed by atoms with Crippen LogP contribution in [0, 0.1) is 5.82 Å². The van der Waals surface area contributed by atoms with Crippen molar-refractivity contribution in [2.24, 2.45) is 5.73 Å². The van der Waals surface area contributed by atoms with Gasteiger partial charge in [-0.2, -0.15) is 0 Å². The van der Waals surface area contributed by atoms with Crippen LogP contribution in [0.5, 0.6) is 5.75 Å². The summed E-state index contributed by atoms with van der Waals surface area (Å²) in [7, 11) is 1.39. The van der Waals surface area contributed by atoms with Gasteiger partial charge in [0.15, 0.2) is 11.6 Å². The van der Waals surface area contributed by atoms with E-state index >= 15 is 0 Å². The van der Waals surface area contributed by atoms with Gasteiger partial charge in [-0.25, -0.2) is 4.39 Å². The lowest BCUT2D eigenvalue weighted by atomic mass is 10.1. The summed E-state index contributed by atoms with van der Waals surface area (Å²) in [6.45, 7) is 0.843. The highest BCUT2D eigenvalue weighted by Gasteiger charge is 2.06. The minimum Gasteiger partial charge on any atom is -0.494 e. The molecule has 0 spiro atoms. The molecule has 1 aromatic carbocycles. The molecule has 0 heterocycles. The summed E-state index contributed by atoms with van der Waals surface area (Å²) in [5.74, 6) is -0.433. The van der Waals surface area contributed by atoms with E-state index in [2.05, 4.69) is 5.32 Å². The minimum atomic E-state index is -0.436. The highest BCUT2D eigenvalue weighted by molar-refractivity contribution is 5.78. The number of hydrogen-bond acceptors (Lipinski definition) is 3. The molecule has 3 N–H and O–H groups in total. The van der Waals surface area contributed by atoms with Gasteiger partial charge in [-0.15, -0.1) is 0 Å². The molecule has 5 heteroatoms. The summed E-state index contributed by atoms with van der Waals surface area (Å²) in [5.41, 5.74) is 5.95. The van der Waals surface area contributed by atoms with Crippen molar-refractivity contribution < 1.29 is 13.9 Å². The lowest BCUT2D eigenvalue weighted by molar-refractivity contribution is -0.120. The predicted octanol–water partition coefficient (Wildman–Crippen LogP) is 0.452. The normalized spacial score (nSPS) is 9.94. The number of ether oxygens (including phenoxy) is 1. The molecule has 16 heavy (non-hydrogen) atoms. The number of nitrogens with two attached hydrogens (primary N) is 1. The molecule has 0 saturated heterocycles. The molecule has 0 aliphatic rings. The van der Waals surface area contributed by atoms with E-state index in [1.54, 1.807) is 6.07 Å². The van der Waals surface area contributed by atoms with Crippen LogP contribution in [-0.4, -0.2) is 26.1 Å². The van der Waals surface area contributed by atoms with E-state index in [0.717, 1.165) is 0 Å². The molecule has 1 aromatic rings. The van der Waals surface area contributed by atoms with Gasteiger partial charge < -0.3 is 15.8 Å². The van der Waals surface area contributed by atoms with Gasteiger partial charge in [0.25, 0.3) is 0 Å². The molecule has 0 bridgehead atoms. The van der Waals surface area contributed by atoms with Gasteiger partial charge in [0.05, 0.1) is 13.5 Å². The Hall–Kier alpha value is -1.62. The summed E-state index contributed by atoms with van der Waals surface area (Å²) in [6, 6.07) is 4.35. The Labute approximate surface area is 93.6 Å². The number of carbonyl (C=O) groups is 1. The molecule has 0 atom stereocenters. The van der Waals surface area contributed by atoms with Crippen LogP contribution in [-0.2, 0) is 11.2 Å². The first kappa shape index (κ1) is 12.4. The Morgan fingerprint density at radius 3 is 2.94 bits per heavy atom. The number of nitrogens with one attached hydrogen (secondary N) is 1. The van der Waals surface area contributed by atoms with Gasteiger partial charge >= 0.3 is 0 Å². The number of hydrogen-bond donors (Lipinski definition) is 2. The topological polar surface area (TPSA) is 64.3 Å². The zero-order chi connectivity index (χ0) is 12.0. The number of rotatable bonds is 5. The fraction of sp³-hybridized carbons (Fsp3) is 0.364. The number of amides is 1. The van der Waals surface area contributed by atoms with Crippen molar-refractivity contribution in [3.05, 3.63) is 29.6 Å². The summed E-state index contributed by atoms with van der Waals surface area (Å²) in [6.07, 6.45) is 0.191. The molecule has 1 amide bonds. The molecular formula is C11H15FN2O2. The molecule has 1 rings (SSSR count). The number of benzene rings is 1. The predicted molar refractivity (Wildman–Crippen MR) is 58.7 cm³/mol. The van der Waals surface area contributed by atoms with Crippen molar-refractivity contribution in [2.75, 3.05) is 20.2 Å². The van der Waals surface area contributed by atoms with Crippen molar-refractivity contribution in [1.82, 2.24) is 5.32 Å². The van der Waals surface area contributed by atoms with E-state index in [9.17, 15) is 9.18 Å². The minimum absolute atomic E-state index is 0.140. The molecule has 0 fully saturated rings. The Morgan fingerprint density at radius 1 is 1.56 bits per heavy atom. The highest BCUT2D eigenvalue weighted by atomic mass is 19.1. The Bertz CT molecular complexity index is 369. The molecule has 0 aliphatic carbocycles. The first-order valence-electron chi connectivity index (χ1n) is 4.96. The second-order valence-electron chi connectivity index (χ2n) is 3.28. The van der Waals surface area contributed by atoms with Crippen molar-refractivity contribution in [3.8, 4) is 5.75 Å². The molecular weight excluding hydrogens is 211 g/mol. The van der Waals surface area contributed by atoms with Gasteiger partial charge in [-0.3, -0.25) is 4.79 Å². The maximum absolute atomic E-state index is 13.1. The van der Waals surface area contributed by atoms with Crippen LogP contribution in [0.3, 0.4) is 0 Å². The lowest BCUT2D eigenvalue weighted by Gasteiger charge is -2.06. The van der Waals surface area contributed by atoms with E-state index in [0.29, 0.717) is 18.7 Å². The molecule has 0 aliphatic heterocycles. The van der Waals surface area contributed by atoms with Crippen LogP contribution in [0.2, 0.25) is 0 Å². The Morgan fingerprint density at radius 2 is 2.31 bits per heavy atom. The summed E-state index contributed by atoms with van der Waals surface area (Å²) in [4.78, 5) is 11.4.